The molecule has 1 unspecified atom stereocenters. The zero-order valence-electron chi connectivity index (χ0n) is 15.2. The SMILES string of the molecule is C=C(C)C(=O)OC1(CCC)c2ccccc2-c2cccc3cccc1c23. The van der Waals surface area contributed by atoms with Crippen LogP contribution in [0.5, 0.6) is 0 Å². The van der Waals surface area contributed by atoms with Crippen molar-refractivity contribution >= 4 is 16.7 Å². The average Bonchev–Trinajstić information content (AvgIpc) is 2.66. The van der Waals surface area contributed by atoms with Gasteiger partial charge < -0.3 is 4.74 Å². The summed E-state index contributed by atoms with van der Waals surface area (Å²) in [6.45, 7) is 7.61. The molecule has 26 heavy (non-hydrogen) atoms. The lowest BCUT2D eigenvalue weighted by molar-refractivity contribution is -0.152. The highest BCUT2D eigenvalue weighted by molar-refractivity contribution is 6.03. The van der Waals surface area contributed by atoms with Crippen molar-refractivity contribution in [3.05, 3.63) is 83.9 Å². The molecule has 0 saturated carbocycles. The predicted octanol–water partition coefficient (Wildman–Crippen LogP) is 5.98. The van der Waals surface area contributed by atoms with E-state index in [4.69, 9.17) is 4.74 Å². The van der Waals surface area contributed by atoms with E-state index in [1.165, 1.54) is 16.3 Å². The number of esters is 1. The van der Waals surface area contributed by atoms with Crippen molar-refractivity contribution in [2.75, 3.05) is 0 Å². The molecule has 0 saturated heterocycles. The third kappa shape index (κ3) is 2.29. The van der Waals surface area contributed by atoms with Gasteiger partial charge in [-0.25, -0.2) is 4.79 Å². The summed E-state index contributed by atoms with van der Waals surface area (Å²) in [7, 11) is 0. The Bertz CT molecular complexity index is 1030. The predicted molar refractivity (Wildman–Crippen MR) is 106 cm³/mol. The second kappa shape index (κ2) is 6.14. The normalized spacial score (nSPS) is 17.6. The van der Waals surface area contributed by atoms with Gasteiger partial charge in [-0.1, -0.05) is 80.6 Å². The maximum absolute atomic E-state index is 12.6. The van der Waals surface area contributed by atoms with Crippen LogP contribution in [0.25, 0.3) is 21.9 Å². The van der Waals surface area contributed by atoms with Gasteiger partial charge in [0, 0.05) is 16.7 Å². The van der Waals surface area contributed by atoms with Gasteiger partial charge >= 0.3 is 5.97 Å². The van der Waals surface area contributed by atoms with Crippen LogP contribution >= 0.6 is 0 Å². The van der Waals surface area contributed by atoms with Crippen LogP contribution in [0, 0.1) is 0 Å². The number of hydrogen-bond donors (Lipinski definition) is 0. The molecule has 0 aliphatic heterocycles. The topological polar surface area (TPSA) is 26.3 Å². The highest BCUT2D eigenvalue weighted by Gasteiger charge is 2.43. The van der Waals surface area contributed by atoms with E-state index >= 15 is 0 Å². The van der Waals surface area contributed by atoms with Gasteiger partial charge in [0.1, 0.15) is 0 Å². The van der Waals surface area contributed by atoms with Crippen LogP contribution in [-0.4, -0.2) is 5.97 Å². The standard InChI is InChI=1S/C24H22O2/c1-4-15-24(26-23(25)16(2)3)20-13-6-5-11-18(20)19-12-7-9-17-10-8-14-21(24)22(17)19/h5-14H,2,4,15H2,1,3H3. The maximum Gasteiger partial charge on any atom is 0.334 e. The first-order chi connectivity index (χ1) is 12.6. The monoisotopic (exact) mass is 342 g/mol. The smallest absolute Gasteiger partial charge is 0.334 e. The summed E-state index contributed by atoms with van der Waals surface area (Å²) in [6, 6.07) is 20.9. The number of hydrogen-bond acceptors (Lipinski definition) is 2. The Kier molecular flexibility index (Phi) is 3.91. The Morgan fingerprint density at radius 3 is 2.35 bits per heavy atom. The van der Waals surface area contributed by atoms with E-state index in [1.807, 2.05) is 18.2 Å². The Morgan fingerprint density at radius 2 is 1.62 bits per heavy atom. The summed E-state index contributed by atoms with van der Waals surface area (Å²) in [5.41, 5.74) is 4.11. The van der Waals surface area contributed by atoms with Crippen LogP contribution in [0.1, 0.15) is 37.8 Å². The zero-order chi connectivity index (χ0) is 18.3. The molecule has 3 aromatic carbocycles. The summed E-state index contributed by atoms with van der Waals surface area (Å²) in [5, 5.41) is 2.35. The van der Waals surface area contributed by atoms with Crippen molar-refractivity contribution < 1.29 is 9.53 Å². The number of fused-ring (bicyclic) bond motifs is 2. The largest absolute Gasteiger partial charge is 0.446 e. The highest BCUT2D eigenvalue weighted by Crippen LogP contribution is 2.51. The lowest BCUT2D eigenvalue weighted by Crippen LogP contribution is -2.36. The second-order valence-corrected chi connectivity index (χ2v) is 7.00. The number of carbonyl (C=O) groups excluding carboxylic acids is 1. The van der Waals surface area contributed by atoms with Crippen LogP contribution in [-0.2, 0) is 15.1 Å². The van der Waals surface area contributed by atoms with E-state index < -0.39 is 5.60 Å². The zero-order valence-corrected chi connectivity index (χ0v) is 15.2. The van der Waals surface area contributed by atoms with E-state index in [0.717, 1.165) is 29.5 Å². The molecule has 0 bridgehead atoms. The maximum atomic E-state index is 12.6. The van der Waals surface area contributed by atoms with Crippen molar-refractivity contribution in [2.24, 2.45) is 0 Å². The summed E-state index contributed by atoms with van der Waals surface area (Å²) in [5.74, 6) is -0.343. The molecule has 0 heterocycles. The fourth-order valence-corrected chi connectivity index (χ4v) is 4.14. The van der Waals surface area contributed by atoms with E-state index in [-0.39, 0.29) is 5.97 Å². The minimum atomic E-state index is -0.783. The fourth-order valence-electron chi connectivity index (χ4n) is 4.14. The van der Waals surface area contributed by atoms with E-state index in [1.54, 1.807) is 6.92 Å². The third-order valence-electron chi connectivity index (χ3n) is 5.21. The fraction of sp³-hybridized carbons (Fsp3) is 0.208. The Morgan fingerprint density at radius 1 is 0.962 bits per heavy atom. The van der Waals surface area contributed by atoms with Crippen LogP contribution in [0.2, 0.25) is 0 Å². The first-order valence-corrected chi connectivity index (χ1v) is 9.09. The van der Waals surface area contributed by atoms with Crippen LogP contribution in [0.4, 0.5) is 0 Å². The quantitative estimate of drug-likeness (QED) is 0.430. The molecular formula is C24H22O2. The molecule has 0 fully saturated rings. The number of carbonyl (C=O) groups is 1. The third-order valence-corrected chi connectivity index (χ3v) is 5.21. The lowest BCUT2D eigenvalue weighted by atomic mass is 9.72. The minimum absolute atomic E-state index is 0.343. The average molecular weight is 342 g/mol. The van der Waals surface area contributed by atoms with Crippen molar-refractivity contribution in [3.8, 4) is 11.1 Å². The molecular weight excluding hydrogens is 320 g/mol. The summed E-state index contributed by atoms with van der Waals surface area (Å²) < 4.78 is 6.22. The van der Waals surface area contributed by atoms with Gasteiger partial charge in [-0.3, -0.25) is 0 Å². The van der Waals surface area contributed by atoms with Gasteiger partial charge in [-0.05, 0) is 35.2 Å². The lowest BCUT2D eigenvalue weighted by Gasteiger charge is -2.40. The van der Waals surface area contributed by atoms with Gasteiger partial charge in [-0.2, -0.15) is 0 Å². The first kappa shape index (κ1) is 16.6. The molecule has 130 valence electrons. The molecule has 2 heteroatoms. The Hall–Kier alpha value is -2.87. The molecule has 2 nitrogen and oxygen atoms in total. The van der Waals surface area contributed by atoms with Crippen LogP contribution in [0.3, 0.4) is 0 Å². The molecule has 4 rings (SSSR count). The summed E-state index contributed by atoms with van der Waals surface area (Å²) in [4.78, 5) is 12.6. The second-order valence-electron chi connectivity index (χ2n) is 7.00. The van der Waals surface area contributed by atoms with Gasteiger partial charge in [0.2, 0.25) is 0 Å². The van der Waals surface area contributed by atoms with Crippen molar-refractivity contribution in [1.29, 1.82) is 0 Å². The molecule has 0 amide bonds. The van der Waals surface area contributed by atoms with Crippen molar-refractivity contribution in [2.45, 2.75) is 32.3 Å². The van der Waals surface area contributed by atoms with Gasteiger partial charge in [0.15, 0.2) is 5.60 Å². The number of ether oxygens (including phenoxy) is 1. The van der Waals surface area contributed by atoms with Crippen LogP contribution in [0.15, 0.2) is 72.8 Å². The molecule has 0 N–H and O–H groups in total. The molecule has 0 radical (unpaired) electrons. The van der Waals surface area contributed by atoms with Crippen molar-refractivity contribution in [1.82, 2.24) is 0 Å². The molecule has 1 aliphatic rings. The van der Waals surface area contributed by atoms with Gasteiger partial charge in [0.25, 0.3) is 0 Å². The molecule has 1 atom stereocenters. The van der Waals surface area contributed by atoms with E-state index in [2.05, 4.69) is 56.0 Å². The molecule has 0 aromatic heterocycles. The van der Waals surface area contributed by atoms with Crippen LogP contribution < -0.4 is 0 Å². The van der Waals surface area contributed by atoms with E-state index in [0.29, 0.717) is 5.57 Å². The number of benzene rings is 3. The van der Waals surface area contributed by atoms with Gasteiger partial charge in [0.05, 0.1) is 0 Å². The number of rotatable bonds is 4. The van der Waals surface area contributed by atoms with E-state index in [9.17, 15) is 4.79 Å². The molecule has 0 spiro atoms. The summed E-state index contributed by atoms with van der Waals surface area (Å²) in [6.07, 6.45) is 1.63. The van der Waals surface area contributed by atoms with Crippen molar-refractivity contribution in [3.63, 3.8) is 0 Å². The van der Waals surface area contributed by atoms with Gasteiger partial charge in [-0.15, -0.1) is 0 Å². The first-order valence-electron chi connectivity index (χ1n) is 9.09. The molecule has 1 aliphatic carbocycles. The Labute approximate surface area is 154 Å². The minimum Gasteiger partial charge on any atom is -0.446 e. The Balaban J connectivity index is 2.12. The highest BCUT2D eigenvalue weighted by atomic mass is 16.6. The summed E-state index contributed by atoms with van der Waals surface area (Å²) >= 11 is 0. The molecule has 3 aromatic rings.